The van der Waals surface area contributed by atoms with Crippen molar-refractivity contribution >= 4 is 54.8 Å². The van der Waals surface area contributed by atoms with Gasteiger partial charge in [0.1, 0.15) is 0 Å². The fraction of sp³-hybridized carbons (Fsp3) is 0.667. The molecule has 0 spiro atoms. The van der Waals surface area contributed by atoms with Crippen LogP contribution >= 0.6 is 22.6 Å². The van der Waals surface area contributed by atoms with Crippen LogP contribution in [0.25, 0.3) is 0 Å². The number of carbonyl (C=O) groups excluding carboxylic acids is 1. The van der Waals surface area contributed by atoms with Crippen molar-refractivity contribution in [2.75, 3.05) is 0 Å². The van der Waals surface area contributed by atoms with Crippen molar-refractivity contribution in [2.24, 2.45) is 0 Å². The zero-order valence-electron chi connectivity index (χ0n) is 3.85. The van der Waals surface area contributed by atoms with E-state index in [1.54, 1.807) is 0 Å². The van der Waals surface area contributed by atoms with E-state index in [4.69, 9.17) is 0 Å². The third kappa shape index (κ3) is 3.68. The second-order valence-electron chi connectivity index (χ2n) is 1.05. The summed E-state index contributed by atoms with van der Waals surface area (Å²) < 4.78 is 4.55. The molecule has 4 heteroatoms. The number of halogens is 1. The maximum atomic E-state index is 10.3. The van der Waals surface area contributed by atoms with Crippen molar-refractivity contribution in [3.63, 3.8) is 0 Å². The van der Waals surface area contributed by atoms with E-state index >= 15 is 0 Å². The molecule has 7 heavy (non-hydrogen) atoms. The van der Waals surface area contributed by atoms with E-state index in [9.17, 15) is 4.79 Å². The Morgan fingerprint density at radius 2 is 2.43 bits per heavy atom. The van der Waals surface area contributed by atoms with Gasteiger partial charge >= 0.3 is 73.1 Å². The van der Waals surface area contributed by atoms with Gasteiger partial charge in [0.15, 0.2) is 0 Å². The predicted octanol–water partition coefficient (Wildman–Crippen LogP) is 0.437. The number of alkyl halides is 1. The van der Waals surface area contributed by atoms with Gasteiger partial charge in [0.2, 0.25) is 0 Å². The third-order valence-electron chi connectivity index (χ3n) is 0.441. The van der Waals surface area contributed by atoms with Crippen LogP contribution in [0, 0.1) is 0 Å². The molecule has 0 aromatic rings. The molecule has 0 N–H and O–H groups in total. The molecule has 38 valence electrons. The fourth-order valence-electron chi connectivity index (χ4n) is 0.0938. The van der Waals surface area contributed by atoms with Crippen LogP contribution in [0.3, 0.4) is 0 Å². The summed E-state index contributed by atoms with van der Waals surface area (Å²) in [6.07, 6.45) is 0. The van der Waals surface area contributed by atoms with Gasteiger partial charge in [0.05, 0.1) is 0 Å². The SMILES string of the molecule is CC(I)C(=O)[O][Tl]. The van der Waals surface area contributed by atoms with E-state index in [2.05, 4.69) is 2.69 Å². The summed E-state index contributed by atoms with van der Waals surface area (Å²) in [5.41, 5.74) is 0. The minimum atomic E-state index is -0.0920. The van der Waals surface area contributed by atoms with Crippen molar-refractivity contribution in [2.45, 2.75) is 10.8 Å². The Balaban J connectivity index is 3.35. The normalized spacial score (nSPS) is 12.7. The van der Waals surface area contributed by atoms with E-state index in [-0.39, 0.29) is 9.89 Å². The summed E-state index contributed by atoms with van der Waals surface area (Å²) in [5, 5.41) is 0. The zero-order chi connectivity index (χ0) is 5.86. The first kappa shape index (κ1) is 8.12. The van der Waals surface area contributed by atoms with Gasteiger partial charge in [0.25, 0.3) is 0 Å². The summed E-state index contributed by atoms with van der Waals surface area (Å²) in [7, 11) is 0. The van der Waals surface area contributed by atoms with Crippen LogP contribution in [0.1, 0.15) is 6.92 Å². The predicted molar refractivity (Wildman–Crippen MR) is 35.3 cm³/mol. The molecule has 0 aliphatic rings. The molecular weight excluding hydrogens is 399 g/mol. The van der Waals surface area contributed by atoms with Crippen LogP contribution in [0.15, 0.2) is 0 Å². The van der Waals surface area contributed by atoms with E-state index in [0.29, 0.717) is 26.2 Å². The number of hydrogen-bond acceptors (Lipinski definition) is 2. The van der Waals surface area contributed by atoms with E-state index in [0.717, 1.165) is 0 Å². The fourth-order valence-corrected chi connectivity index (χ4v) is 2.11. The molecule has 0 aliphatic heterocycles. The molecule has 0 bridgehead atoms. The van der Waals surface area contributed by atoms with Gasteiger partial charge in [-0.05, 0) is 0 Å². The van der Waals surface area contributed by atoms with Crippen molar-refractivity contribution in [1.29, 1.82) is 0 Å². The topological polar surface area (TPSA) is 26.3 Å². The van der Waals surface area contributed by atoms with Crippen LogP contribution in [0.2, 0.25) is 0 Å². The maximum absolute atomic E-state index is 10.3. The summed E-state index contributed by atoms with van der Waals surface area (Å²) in [4.78, 5) is 10.3. The monoisotopic (exact) mass is 404 g/mol. The number of hydrogen-bond donors (Lipinski definition) is 0. The van der Waals surface area contributed by atoms with Gasteiger partial charge in [-0.2, -0.15) is 0 Å². The molecule has 1 atom stereocenters. The average Bonchev–Trinajstić information content (AvgIpc) is 1.65. The Kier molecular flexibility index (Phi) is 4.70. The van der Waals surface area contributed by atoms with Crippen LogP contribution < -0.4 is 0 Å². The summed E-state index contributed by atoms with van der Waals surface area (Å²) in [6, 6.07) is 0. The minimum absolute atomic E-state index is 0.0163. The molecule has 0 aliphatic carbocycles. The second-order valence-corrected chi connectivity index (χ2v) is 3.84. The van der Waals surface area contributed by atoms with Gasteiger partial charge in [-0.25, -0.2) is 0 Å². The first-order valence-corrected chi connectivity index (χ1v) is 4.81. The summed E-state index contributed by atoms with van der Waals surface area (Å²) in [6.45, 7) is 1.81. The van der Waals surface area contributed by atoms with Crippen LogP contribution in [0.5, 0.6) is 0 Å². The molecule has 0 saturated heterocycles. The molecule has 0 rings (SSSR count). The Hall–Kier alpha value is 1.12. The molecule has 0 aromatic heterocycles. The quantitative estimate of drug-likeness (QED) is 0.361. The van der Waals surface area contributed by atoms with E-state index in [1.165, 1.54) is 0 Å². The first-order chi connectivity index (χ1) is 3.18. The Labute approximate surface area is 72.5 Å². The van der Waals surface area contributed by atoms with Gasteiger partial charge < -0.3 is 0 Å². The van der Waals surface area contributed by atoms with Crippen molar-refractivity contribution in [3.05, 3.63) is 0 Å². The number of rotatable bonds is 1. The molecular formula is C3H4IO2Tl. The van der Waals surface area contributed by atoms with Crippen LogP contribution in [-0.4, -0.2) is 36.1 Å². The van der Waals surface area contributed by atoms with Gasteiger partial charge in [-0.15, -0.1) is 0 Å². The zero-order valence-corrected chi connectivity index (χ0v) is 10.5. The van der Waals surface area contributed by atoms with Crippen LogP contribution in [-0.2, 0) is 7.48 Å². The molecule has 0 heterocycles. The van der Waals surface area contributed by atoms with Crippen molar-refractivity contribution in [3.8, 4) is 0 Å². The van der Waals surface area contributed by atoms with E-state index < -0.39 is 0 Å². The number of carbonyl (C=O) groups is 1. The molecule has 0 aromatic carbocycles. The second kappa shape index (κ2) is 4.05. The first-order valence-electron chi connectivity index (χ1n) is 1.73. The Morgan fingerprint density at radius 1 is 2.00 bits per heavy atom. The van der Waals surface area contributed by atoms with Crippen molar-refractivity contribution < 1.29 is 7.48 Å². The van der Waals surface area contributed by atoms with Crippen molar-refractivity contribution in [1.82, 2.24) is 0 Å². The molecule has 0 amide bonds. The van der Waals surface area contributed by atoms with Gasteiger partial charge in [-0.3, -0.25) is 0 Å². The van der Waals surface area contributed by atoms with Crippen LogP contribution in [0.4, 0.5) is 0 Å². The van der Waals surface area contributed by atoms with Gasteiger partial charge in [-0.1, -0.05) is 0 Å². The average molecular weight is 403 g/mol. The molecule has 2 nitrogen and oxygen atoms in total. The van der Waals surface area contributed by atoms with Gasteiger partial charge in [0, 0.05) is 0 Å². The molecule has 1 unspecified atom stereocenters. The third-order valence-corrected chi connectivity index (χ3v) is 1.85. The molecule has 0 fully saturated rings. The summed E-state index contributed by atoms with van der Waals surface area (Å²) in [5.74, 6) is -0.0920. The molecule has 0 saturated carbocycles. The van der Waals surface area contributed by atoms with E-state index in [1.807, 2.05) is 29.5 Å². The Morgan fingerprint density at radius 3 is 2.43 bits per heavy atom. The Bertz CT molecular complexity index is 73.3. The standard InChI is InChI=1S/C3H5IO2.Tl/c1-2(4)3(5)6;/h2H,1H3,(H,5,6);/q;+1/p-1. The molecule has 0 radical (unpaired) electrons. The summed E-state index contributed by atoms with van der Waals surface area (Å²) >= 11 is 2.36.